The fourth-order valence-electron chi connectivity index (χ4n) is 2.24. The number of guanidine groups is 1. The van der Waals surface area contributed by atoms with Crippen LogP contribution < -0.4 is 10.6 Å². The van der Waals surface area contributed by atoms with Crippen LogP contribution in [0.5, 0.6) is 0 Å². The first-order chi connectivity index (χ1) is 10.3. The van der Waals surface area contributed by atoms with Gasteiger partial charge >= 0.3 is 0 Å². The number of para-hydroxylation sites is 1. The highest BCUT2D eigenvalue weighted by Crippen LogP contribution is 2.16. The molecule has 21 heavy (non-hydrogen) atoms. The minimum absolute atomic E-state index is 0.570. The molecule has 0 atom stereocenters. The zero-order valence-electron chi connectivity index (χ0n) is 11.9. The molecule has 1 aliphatic rings. The number of benzene rings is 1. The van der Waals surface area contributed by atoms with Gasteiger partial charge in [0.2, 0.25) is 11.9 Å². The molecule has 0 bridgehead atoms. The van der Waals surface area contributed by atoms with Crippen molar-refractivity contribution >= 4 is 35.4 Å². The Labute approximate surface area is 129 Å². The lowest BCUT2D eigenvalue weighted by atomic mass is 10.2. The van der Waals surface area contributed by atoms with E-state index in [4.69, 9.17) is 0 Å². The Morgan fingerprint density at radius 3 is 2.95 bits per heavy atom. The highest BCUT2D eigenvalue weighted by molar-refractivity contribution is 7.80. The van der Waals surface area contributed by atoms with Gasteiger partial charge in [-0.25, -0.2) is 15.0 Å². The van der Waals surface area contributed by atoms with Crippen LogP contribution in [0.1, 0.15) is 5.69 Å². The van der Waals surface area contributed by atoms with Gasteiger partial charge < -0.3 is 5.32 Å². The van der Waals surface area contributed by atoms with Crippen molar-refractivity contribution in [2.75, 3.05) is 31.0 Å². The molecule has 7 heteroatoms. The van der Waals surface area contributed by atoms with E-state index in [1.54, 1.807) is 0 Å². The van der Waals surface area contributed by atoms with Gasteiger partial charge in [0.05, 0.1) is 24.5 Å². The summed E-state index contributed by atoms with van der Waals surface area (Å²) in [6, 6.07) is 7.98. The van der Waals surface area contributed by atoms with Crippen LogP contribution in [-0.4, -0.2) is 46.5 Å². The summed E-state index contributed by atoms with van der Waals surface area (Å²) in [6.45, 7) is 4.31. The number of hydrogen-bond donors (Lipinski definition) is 3. The molecule has 0 radical (unpaired) electrons. The van der Waals surface area contributed by atoms with Crippen LogP contribution >= 0.6 is 12.6 Å². The number of aryl methyl sites for hydroxylation is 1. The first-order valence-corrected chi connectivity index (χ1v) is 7.51. The second kappa shape index (κ2) is 6.28. The quantitative estimate of drug-likeness (QED) is 0.749. The van der Waals surface area contributed by atoms with Crippen molar-refractivity contribution in [3.63, 3.8) is 0 Å². The second-order valence-corrected chi connectivity index (χ2v) is 5.32. The van der Waals surface area contributed by atoms with Crippen molar-refractivity contribution in [1.29, 1.82) is 0 Å². The number of aliphatic imine (C=N–C) groups is 1. The second-order valence-electron chi connectivity index (χ2n) is 4.88. The maximum absolute atomic E-state index is 4.52. The maximum atomic E-state index is 4.52. The monoisotopic (exact) mass is 302 g/mol. The zero-order chi connectivity index (χ0) is 14.7. The third kappa shape index (κ3) is 3.25. The number of fused-ring (bicyclic) bond motifs is 1. The van der Waals surface area contributed by atoms with Gasteiger partial charge in [0, 0.05) is 17.7 Å². The minimum atomic E-state index is 0.570. The third-order valence-electron chi connectivity index (χ3n) is 3.34. The topological polar surface area (TPSA) is 65.4 Å². The van der Waals surface area contributed by atoms with Crippen molar-refractivity contribution in [2.24, 2.45) is 4.99 Å². The Morgan fingerprint density at radius 2 is 2.19 bits per heavy atom. The summed E-state index contributed by atoms with van der Waals surface area (Å²) in [6.07, 6.45) is 0. The van der Waals surface area contributed by atoms with Crippen LogP contribution in [0.15, 0.2) is 29.3 Å². The van der Waals surface area contributed by atoms with Crippen LogP contribution in [-0.2, 0) is 0 Å². The van der Waals surface area contributed by atoms with Crippen molar-refractivity contribution < 1.29 is 0 Å². The van der Waals surface area contributed by atoms with Gasteiger partial charge in [-0.05, 0) is 13.0 Å². The Kier molecular flexibility index (Phi) is 4.21. The molecular formula is C14H18N6S. The molecule has 1 aliphatic heterocycles. The summed E-state index contributed by atoms with van der Waals surface area (Å²) in [5.41, 5.74) is 1.89. The molecule has 0 saturated carbocycles. The summed E-state index contributed by atoms with van der Waals surface area (Å²) in [5.74, 6) is 2.10. The highest BCUT2D eigenvalue weighted by atomic mass is 32.1. The van der Waals surface area contributed by atoms with Crippen molar-refractivity contribution in [1.82, 2.24) is 20.2 Å². The molecule has 1 aromatic carbocycles. The molecule has 2 aromatic rings. The third-order valence-corrected chi connectivity index (χ3v) is 3.54. The van der Waals surface area contributed by atoms with E-state index in [2.05, 4.69) is 43.1 Å². The van der Waals surface area contributed by atoms with Crippen molar-refractivity contribution in [3.8, 4) is 0 Å². The van der Waals surface area contributed by atoms with Crippen molar-refractivity contribution in [2.45, 2.75) is 6.92 Å². The number of nitrogens with one attached hydrogen (secondary N) is 2. The predicted octanol–water partition coefficient (Wildman–Crippen LogP) is 1.46. The number of nitrogens with zero attached hydrogens (tertiary/aromatic N) is 4. The number of rotatable bonds is 3. The van der Waals surface area contributed by atoms with E-state index in [0.29, 0.717) is 18.6 Å². The first-order valence-electron chi connectivity index (χ1n) is 6.88. The fraction of sp³-hybridized carbons (Fsp3) is 0.357. The molecule has 6 nitrogen and oxygen atoms in total. The van der Waals surface area contributed by atoms with Gasteiger partial charge in [-0.3, -0.25) is 10.2 Å². The maximum Gasteiger partial charge on any atom is 0.230 e. The van der Waals surface area contributed by atoms with Crippen LogP contribution in [0.25, 0.3) is 10.9 Å². The van der Waals surface area contributed by atoms with Crippen LogP contribution in [0.2, 0.25) is 0 Å². The van der Waals surface area contributed by atoms with E-state index >= 15 is 0 Å². The first kappa shape index (κ1) is 14.1. The molecule has 2 heterocycles. The molecule has 0 amide bonds. The molecule has 110 valence electrons. The standard InChI is InChI=1S/C14H18N6S/c1-10-11-4-2-3-5-12(11)18-14(17-10)19-13-15-8-20(6-7-21)9-16-13/h2-5,21H,6-9H2,1H3,(H2,15,16,17,18,19). The lowest BCUT2D eigenvalue weighted by Gasteiger charge is -2.26. The molecule has 3 rings (SSSR count). The van der Waals surface area contributed by atoms with Crippen LogP contribution in [0, 0.1) is 6.92 Å². The molecule has 2 N–H and O–H groups in total. The summed E-state index contributed by atoms with van der Waals surface area (Å²) >= 11 is 4.23. The Hall–Kier alpha value is -1.86. The average molecular weight is 302 g/mol. The Bertz CT molecular complexity index is 672. The van der Waals surface area contributed by atoms with E-state index in [1.807, 2.05) is 31.2 Å². The fourth-order valence-corrected chi connectivity index (χ4v) is 2.52. The van der Waals surface area contributed by atoms with Crippen LogP contribution in [0.4, 0.5) is 5.95 Å². The number of hydrogen-bond acceptors (Lipinski definition) is 7. The summed E-state index contributed by atoms with van der Waals surface area (Å²) < 4.78 is 0. The largest absolute Gasteiger partial charge is 0.343 e. The predicted molar refractivity (Wildman–Crippen MR) is 88.8 cm³/mol. The van der Waals surface area contributed by atoms with Gasteiger partial charge in [0.1, 0.15) is 0 Å². The van der Waals surface area contributed by atoms with E-state index in [0.717, 1.165) is 35.6 Å². The number of thiol groups is 1. The molecule has 0 aliphatic carbocycles. The van der Waals surface area contributed by atoms with Gasteiger partial charge in [0.25, 0.3) is 0 Å². The molecule has 1 aromatic heterocycles. The van der Waals surface area contributed by atoms with E-state index in [9.17, 15) is 0 Å². The average Bonchev–Trinajstić information content (AvgIpc) is 2.50. The van der Waals surface area contributed by atoms with Gasteiger partial charge in [-0.1, -0.05) is 18.2 Å². The normalized spacial score (nSPS) is 15.6. The van der Waals surface area contributed by atoms with E-state index < -0.39 is 0 Å². The SMILES string of the molecule is Cc1nc(NC2=NCN(CCS)CN2)nc2ccccc12. The summed E-state index contributed by atoms with van der Waals surface area (Å²) in [4.78, 5) is 15.6. The minimum Gasteiger partial charge on any atom is -0.343 e. The zero-order valence-corrected chi connectivity index (χ0v) is 12.8. The molecule has 0 fully saturated rings. The van der Waals surface area contributed by atoms with Gasteiger partial charge in [0.15, 0.2) is 0 Å². The molecule has 0 saturated heterocycles. The molecule has 0 spiro atoms. The summed E-state index contributed by atoms with van der Waals surface area (Å²) in [7, 11) is 0. The lowest BCUT2D eigenvalue weighted by Crippen LogP contribution is -2.46. The van der Waals surface area contributed by atoms with E-state index in [1.165, 1.54) is 0 Å². The molecule has 0 unspecified atom stereocenters. The van der Waals surface area contributed by atoms with Gasteiger partial charge in [-0.2, -0.15) is 12.6 Å². The highest BCUT2D eigenvalue weighted by Gasteiger charge is 2.12. The summed E-state index contributed by atoms with van der Waals surface area (Å²) in [5, 5.41) is 7.44. The Balaban J connectivity index is 1.77. The van der Waals surface area contributed by atoms with Crippen LogP contribution in [0.3, 0.4) is 0 Å². The molecular weight excluding hydrogens is 284 g/mol. The smallest absolute Gasteiger partial charge is 0.230 e. The lowest BCUT2D eigenvalue weighted by molar-refractivity contribution is 0.282. The van der Waals surface area contributed by atoms with Crippen molar-refractivity contribution in [3.05, 3.63) is 30.0 Å². The number of anilines is 1. The Morgan fingerprint density at radius 1 is 1.33 bits per heavy atom. The van der Waals surface area contributed by atoms with Gasteiger partial charge in [-0.15, -0.1) is 0 Å². The van der Waals surface area contributed by atoms with E-state index in [-0.39, 0.29) is 0 Å². The number of aromatic nitrogens is 2.